The Bertz CT molecular complexity index is 603. The van der Waals surface area contributed by atoms with Crippen LogP contribution in [0.2, 0.25) is 5.02 Å². The average Bonchev–Trinajstić information content (AvgIpc) is 2.53. The molecule has 0 radical (unpaired) electrons. The maximum absolute atomic E-state index is 12.8. The van der Waals surface area contributed by atoms with Crippen molar-refractivity contribution in [3.63, 3.8) is 0 Å². The number of hydrogen-bond acceptors (Lipinski definition) is 3. The summed E-state index contributed by atoms with van der Waals surface area (Å²) in [6.45, 7) is 0.757. The van der Waals surface area contributed by atoms with Crippen LogP contribution in [-0.2, 0) is 0 Å². The molecule has 22 heavy (non-hydrogen) atoms. The SMILES string of the molecule is O=C(c1ccc([N+](=O)[O-])cc1Cl)N1CCC[C@H]2CCCC[C@@H]21. The van der Waals surface area contributed by atoms with Gasteiger partial charge >= 0.3 is 0 Å². The van der Waals surface area contributed by atoms with Gasteiger partial charge in [0.05, 0.1) is 15.5 Å². The van der Waals surface area contributed by atoms with Crippen molar-refractivity contribution in [3.8, 4) is 0 Å². The Morgan fingerprint density at radius 2 is 1.95 bits per heavy atom. The van der Waals surface area contributed by atoms with Gasteiger partial charge in [0.1, 0.15) is 0 Å². The quantitative estimate of drug-likeness (QED) is 0.609. The molecule has 1 amide bonds. The molecule has 1 aliphatic heterocycles. The molecule has 0 unspecified atom stereocenters. The largest absolute Gasteiger partial charge is 0.335 e. The van der Waals surface area contributed by atoms with Crippen LogP contribution in [0.5, 0.6) is 0 Å². The predicted octanol–water partition coefficient (Wildman–Crippen LogP) is 4.04. The van der Waals surface area contributed by atoms with E-state index in [1.807, 2.05) is 4.90 Å². The van der Waals surface area contributed by atoms with Crippen LogP contribution in [0.15, 0.2) is 18.2 Å². The Balaban J connectivity index is 1.85. The van der Waals surface area contributed by atoms with E-state index in [4.69, 9.17) is 11.6 Å². The summed E-state index contributed by atoms with van der Waals surface area (Å²) in [4.78, 5) is 25.0. The monoisotopic (exact) mass is 322 g/mol. The van der Waals surface area contributed by atoms with Gasteiger partial charge in [-0.2, -0.15) is 0 Å². The smallest absolute Gasteiger partial charge is 0.270 e. The summed E-state index contributed by atoms with van der Waals surface area (Å²) in [5.74, 6) is 0.514. The maximum atomic E-state index is 12.8. The summed E-state index contributed by atoms with van der Waals surface area (Å²) in [5, 5.41) is 10.9. The van der Waals surface area contributed by atoms with Gasteiger partial charge < -0.3 is 4.90 Å². The molecule has 2 atom stereocenters. The Morgan fingerprint density at radius 3 is 2.68 bits per heavy atom. The van der Waals surface area contributed by atoms with Crippen molar-refractivity contribution in [1.82, 2.24) is 4.90 Å². The summed E-state index contributed by atoms with van der Waals surface area (Å²) in [5.41, 5.74) is 0.286. The third kappa shape index (κ3) is 2.82. The number of carbonyl (C=O) groups is 1. The molecule has 0 spiro atoms. The number of likely N-dealkylation sites (tertiary alicyclic amines) is 1. The molecule has 1 heterocycles. The first-order valence-electron chi connectivity index (χ1n) is 7.83. The Hall–Kier alpha value is -1.62. The number of nitro groups is 1. The molecule has 0 bridgehead atoms. The lowest BCUT2D eigenvalue weighted by Crippen LogP contribution is -2.49. The van der Waals surface area contributed by atoms with Crippen LogP contribution in [0, 0.1) is 16.0 Å². The molecule has 1 aliphatic carbocycles. The Labute approximate surface area is 134 Å². The number of halogens is 1. The second-order valence-electron chi connectivity index (χ2n) is 6.17. The highest BCUT2D eigenvalue weighted by Crippen LogP contribution is 2.36. The standard InChI is InChI=1S/C16H19ClN2O3/c17-14-10-12(19(21)22)7-8-13(14)16(20)18-9-3-5-11-4-1-2-6-15(11)18/h7-8,10-11,15H,1-6,9H2/t11-,15+/m1/s1. The molecular formula is C16H19ClN2O3. The number of non-ortho nitro benzene ring substituents is 1. The molecule has 0 aromatic heterocycles. The number of benzene rings is 1. The molecule has 1 saturated carbocycles. The fraction of sp³-hybridized carbons (Fsp3) is 0.562. The molecule has 1 aromatic rings. The summed E-state index contributed by atoms with van der Waals surface area (Å²) in [7, 11) is 0. The first-order valence-corrected chi connectivity index (χ1v) is 8.20. The minimum absolute atomic E-state index is 0.0866. The van der Waals surface area contributed by atoms with E-state index in [-0.39, 0.29) is 16.6 Å². The second-order valence-corrected chi connectivity index (χ2v) is 6.58. The normalized spacial score (nSPS) is 24.7. The molecular weight excluding hydrogens is 304 g/mol. The third-order valence-electron chi connectivity index (χ3n) is 4.90. The van der Waals surface area contributed by atoms with Gasteiger partial charge in [-0.3, -0.25) is 14.9 Å². The first-order chi connectivity index (χ1) is 10.6. The number of nitro benzene ring substituents is 1. The summed E-state index contributed by atoms with van der Waals surface area (Å²) in [6.07, 6.45) is 6.89. The van der Waals surface area contributed by atoms with Gasteiger partial charge in [-0.15, -0.1) is 0 Å². The molecule has 2 fully saturated rings. The van der Waals surface area contributed by atoms with E-state index in [2.05, 4.69) is 0 Å². The van der Waals surface area contributed by atoms with Crippen molar-refractivity contribution in [2.75, 3.05) is 6.54 Å². The van der Waals surface area contributed by atoms with E-state index >= 15 is 0 Å². The van der Waals surface area contributed by atoms with Crippen LogP contribution in [0.3, 0.4) is 0 Å². The van der Waals surface area contributed by atoms with Crippen LogP contribution in [0.4, 0.5) is 5.69 Å². The van der Waals surface area contributed by atoms with Crippen LogP contribution in [-0.4, -0.2) is 28.3 Å². The molecule has 5 nitrogen and oxygen atoms in total. The summed E-state index contributed by atoms with van der Waals surface area (Å²) < 4.78 is 0. The van der Waals surface area contributed by atoms with Gasteiger partial charge in [-0.1, -0.05) is 24.4 Å². The fourth-order valence-electron chi connectivity index (χ4n) is 3.82. The number of carbonyl (C=O) groups excluding carboxylic acids is 1. The minimum atomic E-state index is -0.502. The van der Waals surface area contributed by atoms with Crippen LogP contribution in [0.1, 0.15) is 48.9 Å². The van der Waals surface area contributed by atoms with Crippen molar-refractivity contribution in [1.29, 1.82) is 0 Å². The molecule has 1 aromatic carbocycles. The van der Waals surface area contributed by atoms with Crippen LogP contribution >= 0.6 is 11.6 Å². The lowest BCUT2D eigenvalue weighted by atomic mass is 9.78. The highest BCUT2D eigenvalue weighted by molar-refractivity contribution is 6.34. The fourth-order valence-corrected chi connectivity index (χ4v) is 4.08. The van der Waals surface area contributed by atoms with E-state index < -0.39 is 4.92 Å². The molecule has 3 rings (SSSR count). The highest BCUT2D eigenvalue weighted by atomic mass is 35.5. The molecule has 118 valence electrons. The molecule has 0 N–H and O–H groups in total. The lowest BCUT2D eigenvalue weighted by Gasteiger charge is -2.44. The Morgan fingerprint density at radius 1 is 1.23 bits per heavy atom. The minimum Gasteiger partial charge on any atom is -0.335 e. The van der Waals surface area contributed by atoms with Gasteiger partial charge in [0.2, 0.25) is 0 Å². The first kappa shape index (κ1) is 15.3. The van der Waals surface area contributed by atoms with E-state index in [1.54, 1.807) is 0 Å². The Kier molecular flexibility index (Phi) is 4.34. The van der Waals surface area contributed by atoms with Crippen molar-refractivity contribution >= 4 is 23.2 Å². The average molecular weight is 323 g/mol. The van der Waals surface area contributed by atoms with Crippen molar-refractivity contribution in [3.05, 3.63) is 38.9 Å². The molecule has 6 heteroatoms. The number of fused-ring (bicyclic) bond motifs is 1. The zero-order chi connectivity index (χ0) is 15.7. The number of hydrogen-bond donors (Lipinski definition) is 0. The van der Waals surface area contributed by atoms with E-state index in [9.17, 15) is 14.9 Å². The summed E-state index contributed by atoms with van der Waals surface area (Å²) in [6, 6.07) is 4.40. The summed E-state index contributed by atoms with van der Waals surface area (Å²) >= 11 is 6.11. The van der Waals surface area contributed by atoms with E-state index in [0.717, 1.165) is 19.4 Å². The lowest BCUT2D eigenvalue weighted by molar-refractivity contribution is -0.384. The number of amides is 1. The maximum Gasteiger partial charge on any atom is 0.270 e. The molecule has 2 aliphatic rings. The number of piperidine rings is 1. The van der Waals surface area contributed by atoms with Gasteiger partial charge in [0.15, 0.2) is 0 Å². The van der Waals surface area contributed by atoms with Crippen LogP contribution < -0.4 is 0 Å². The third-order valence-corrected chi connectivity index (χ3v) is 5.21. The topological polar surface area (TPSA) is 63.4 Å². The van der Waals surface area contributed by atoms with E-state index in [0.29, 0.717) is 17.5 Å². The van der Waals surface area contributed by atoms with Crippen molar-refractivity contribution < 1.29 is 9.72 Å². The van der Waals surface area contributed by atoms with Crippen LogP contribution in [0.25, 0.3) is 0 Å². The van der Waals surface area contributed by atoms with Crippen molar-refractivity contribution in [2.24, 2.45) is 5.92 Å². The van der Waals surface area contributed by atoms with Gasteiger partial charge in [-0.25, -0.2) is 0 Å². The second kappa shape index (κ2) is 6.24. The molecule has 1 saturated heterocycles. The van der Waals surface area contributed by atoms with Gasteiger partial charge in [0, 0.05) is 24.7 Å². The van der Waals surface area contributed by atoms with E-state index in [1.165, 1.54) is 43.9 Å². The zero-order valence-electron chi connectivity index (χ0n) is 12.3. The van der Waals surface area contributed by atoms with Crippen molar-refractivity contribution in [2.45, 2.75) is 44.6 Å². The number of nitrogens with zero attached hydrogens (tertiary/aromatic N) is 2. The zero-order valence-corrected chi connectivity index (χ0v) is 13.1. The van der Waals surface area contributed by atoms with Gasteiger partial charge in [0.25, 0.3) is 11.6 Å². The predicted molar refractivity (Wildman–Crippen MR) is 84.1 cm³/mol. The highest BCUT2D eigenvalue weighted by Gasteiger charge is 2.36. The van der Waals surface area contributed by atoms with Gasteiger partial charge in [-0.05, 0) is 37.7 Å². The number of rotatable bonds is 2.